The zero-order valence-corrected chi connectivity index (χ0v) is 11.9. The fourth-order valence-corrected chi connectivity index (χ4v) is 3.19. The molecule has 0 aliphatic heterocycles. The topological polar surface area (TPSA) is 29.9 Å². The Kier molecular flexibility index (Phi) is 4.34. The first-order valence-electron chi connectivity index (χ1n) is 6.10. The van der Waals surface area contributed by atoms with Crippen molar-refractivity contribution < 1.29 is 0 Å². The van der Waals surface area contributed by atoms with Crippen LogP contribution in [0.2, 0.25) is 5.02 Å². The van der Waals surface area contributed by atoms with E-state index in [9.17, 15) is 0 Å². The van der Waals surface area contributed by atoms with Gasteiger partial charge in [-0.15, -0.1) is 11.6 Å². The highest BCUT2D eigenvalue weighted by Crippen LogP contribution is 2.27. The van der Waals surface area contributed by atoms with Gasteiger partial charge in [-0.2, -0.15) is 5.10 Å². The van der Waals surface area contributed by atoms with Gasteiger partial charge < -0.3 is 5.32 Å². The van der Waals surface area contributed by atoms with Gasteiger partial charge in [0.2, 0.25) is 0 Å². The smallest absolute Gasteiger partial charge is 0.0860 e. The van der Waals surface area contributed by atoms with Crippen molar-refractivity contribution in [2.24, 2.45) is 13.0 Å². The Morgan fingerprint density at radius 2 is 2.24 bits per heavy atom. The molecule has 1 heterocycles. The third-order valence-corrected chi connectivity index (χ3v) is 4.54. The summed E-state index contributed by atoms with van der Waals surface area (Å²) in [5.74, 6) is 1.35. The molecule has 0 amide bonds. The highest BCUT2D eigenvalue weighted by atomic mass is 35.5. The van der Waals surface area contributed by atoms with Crippen molar-refractivity contribution >= 4 is 23.2 Å². The van der Waals surface area contributed by atoms with Gasteiger partial charge in [0.15, 0.2) is 0 Å². The molecule has 96 valence electrons. The molecule has 2 atom stereocenters. The molecular formula is C12H19Cl2N3. The normalized spacial score (nSPS) is 24.5. The van der Waals surface area contributed by atoms with Crippen LogP contribution in [0.3, 0.4) is 0 Å². The number of nitrogens with one attached hydrogen (secondary N) is 1. The first-order valence-corrected chi connectivity index (χ1v) is 7.02. The van der Waals surface area contributed by atoms with E-state index in [2.05, 4.69) is 10.4 Å². The quantitative estimate of drug-likeness (QED) is 0.857. The van der Waals surface area contributed by atoms with Crippen molar-refractivity contribution in [2.75, 3.05) is 5.88 Å². The number of nitrogens with zero attached hydrogens (tertiary/aromatic N) is 2. The Balaban J connectivity index is 1.97. The predicted octanol–water partition coefficient (Wildman–Crippen LogP) is 2.88. The minimum atomic E-state index is 0.527. The zero-order valence-electron chi connectivity index (χ0n) is 10.3. The van der Waals surface area contributed by atoms with Gasteiger partial charge in [0.25, 0.3) is 0 Å². The molecule has 0 radical (unpaired) electrons. The van der Waals surface area contributed by atoms with Crippen LogP contribution in [0, 0.1) is 12.8 Å². The molecule has 1 fully saturated rings. The van der Waals surface area contributed by atoms with E-state index in [0.29, 0.717) is 12.0 Å². The molecule has 1 aromatic rings. The number of aromatic nitrogens is 2. The predicted molar refractivity (Wildman–Crippen MR) is 71.6 cm³/mol. The van der Waals surface area contributed by atoms with E-state index >= 15 is 0 Å². The van der Waals surface area contributed by atoms with Crippen molar-refractivity contribution in [1.29, 1.82) is 0 Å². The van der Waals surface area contributed by atoms with Crippen LogP contribution in [0.1, 0.15) is 30.7 Å². The largest absolute Gasteiger partial charge is 0.308 e. The zero-order chi connectivity index (χ0) is 12.4. The third-order valence-electron chi connectivity index (χ3n) is 3.65. The highest BCUT2D eigenvalue weighted by molar-refractivity contribution is 6.31. The Morgan fingerprint density at radius 1 is 1.47 bits per heavy atom. The lowest BCUT2D eigenvalue weighted by atomic mass is 10.1. The summed E-state index contributed by atoms with van der Waals surface area (Å²) in [5.41, 5.74) is 1.95. The second-order valence-corrected chi connectivity index (χ2v) is 5.49. The molecule has 1 aromatic heterocycles. The molecule has 5 heteroatoms. The van der Waals surface area contributed by atoms with Gasteiger partial charge in [0, 0.05) is 25.5 Å². The minimum Gasteiger partial charge on any atom is -0.308 e. The van der Waals surface area contributed by atoms with Gasteiger partial charge in [-0.25, -0.2) is 0 Å². The summed E-state index contributed by atoms with van der Waals surface area (Å²) in [4.78, 5) is 0. The van der Waals surface area contributed by atoms with E-state index < -0.39 is 0 Å². The van der Waals surface area contributed by atoms with Crippen LogP contribution in [0.25, 0.3) is 0 Å². The van der Waals surface area contributed by atoms with Gasteiger partial charge in [0.1, 0.15) is 0 Å². The Bertz CT molecular complexity index is 389. The van der Waals surface area contributed by atoms with Gasteiger partial charge in [-0.3, -0.25) is 4.68 Å². The molecule has 0 aromatic carbocycles. The molecule has 0 saturated heterocycles. The molecule has 1 aliphatic carbocycles. The first kappa shape index (κ1) is 13.2. The van der Waals surface area contributed by atoms with E-state index in [4.69, 9.17) is 23.2 Å². The van der Waals surface area contributed by atoms with E-state index in [1.54, 1.807) is 0 Å². The van der Waals surface area contributed by atoms with Crippen LogP contribution in [0.5, 0.6) is 0 Å². The standard InChI is InChI=1S/C12H19Cl2N3/c1-8-12(14)11(17(2)16-8)7-15-10-5-3-4-9(10)6-13/h9-10,15H,3-7H2,1-2H3. The second kappa shape index (κ2) is 5.59. The van der Waals surface area contributed by atoms with Crippen LogP contribution < -0.4 is 5.32 Å². The number of alkyl halides is 1. The molecule has 2 rings (SSSR count). The Hall–Kier alpha value is -0.250. The Labute approximate surface area is 112 Å². The van der Waals surface area contributed by atoms with Crippen LogP contribution in [0.4, 0.5) is 0 Å². The summed E-state index contributed by atoms with van der Waals surface area (Å²) in [6, 6.07) is 0.527. The van der Waals surface area contributed by atoms with Crippen LogP contribution in [-0.4, -0.2) is 21.7 Å². The van der Waals surface area contributed by atoms with Gasteiger partial charge >= 0.3 is 0 Å². The number of hydrogen-bond donors (Lipinski definition) is 1. The molecule has 1 N–H and O–H groups in total. The minimum absolute atomic E-state index is 0.527. The van der Waals surface area contributed by atoms with Crippen LogP contribution in [0.15, 0.2) is 0 Å². The molecular weight excluding hydrogens is 257 g/mol. The van der Waals surface area contributed by atoms with Gasteiger partial charge in [0.05, 0.1) is 16.4 Å². The summed E-state index contributed by atoms with van der Waals surface area (Å²) in [6.07, 6.45) is 3.72. The SMILES string of the molecule is Cc1nn(C)c(CNC2CCCC2CCl)c1Cl. The molecule has 1 aliphatic rings. The van der Waals surface area contributed by atoms with Crippen LogP contribution in [-0.2, 0) is 13.6 Å². The van der Waals surface area contributed by atoms with E-state index in [1.165, 1.54) is 19.3 Å². The number of halogens is 2. The molecule has 17 heavy (non-hydrogen) atoms. The monoisotopic (exact) mass is 275 g/mol. The lowest BCUT2D eigenvalue weighted by molar-refractivity contribution is 0.423. The molecule has 2 unspecified atom stereocenters. The van der Waals surface area contributed by atoms with E-state index in [0.717, 1.165) is 28.8 Å². The van der Waals surface area contributed by atoms with E-state index in [1.807, 2.05) is 18.7 Å². The van der Waals surface area contributed by atoms with Gasteiger partial charge in [-0.05, 0) is 25.7 Å². The summed E-state index contributed by atoms with van der Waals surface area (Å²) in [7, 11) is 1.93. The summed E-state index contributed by atoms with van der Waals surface area (Å²) < 4.78 is 1.86. The van der Waals surface area contributed by atoms with Crippen LogP contribution >= 0.6 is 23.2 Å². The second-order valence-electron chi connectivity index (χ2n) is 4.80. The number of rotatable bonds is 4. The maximum Gasteiger partial charge on any atom is 0.0860 e. The summed E-state index contributed by atoms with van der Waals surface area (Å²) in [6.45, 7) is 2.71. The van der Waals surface area contributed by atoms with Crippen molar-refractivity contribution in [3.8, 4) is 0 Å². The fraction of sp³-hybridized carbons (Fsp3) is 0.750. The fourth-order valence-electron chi connectivity index (χ4n) is 2.59. The van der Waals surface area contributed by atoms with Crippen molar-refractivity contribution in [3.63, 3.8) is 0 Å². The average Bonchev–Trinajstić information content (AvgIpc) is 2.84. The third kappa shape index (κ3) is 2.78. The van der Waals surface area contributed by atoms with Crippen molar-refractivity contribution in [2.45, 2.75) is 38.8 Å². The maximum atomic E-state index is 6.22. The molecule has 0 bridgehead atoms. The van der Waals surface area contributed by atoms with Crippen molar-refractivity contribution in [3.05, 3.63) is 16.4 Å². The maximum absolute atomic E-state index is 6.22. The molecule has 1 saturated carbocycles. The van der Waals surface area contributed by atoms with E-state index in [-0.39, 0.29) is 0 Å². The molecule has 0 spiro atoms. The van der Waals surface area contributed by atoms with Gasteiger partial charge in [-0.1, -0.05) is 18.0 Å². The summed E-state index contributed by atoms with van der Waals surface area (Å²) in [5, 5.41) is 8.66. The Morgan fingerprint density at radius 3 is 2.82 bits per heavy atom. The lowest BCUT2D eigenvalue weighted by Gasteiger charge is -2.19. The first-order chi connectivity index (χ1) is 8.13. The lowest BCUT2D eigenvalue weighted by Crippen LogP contribution is -2.33. The highest BCUT2D eigenvalue weighted by Gasteiger charge is 2.26. The summed E-state index contributed by atoms with van der Waals surface area (Å²) >= 11 is 12.2. The average molecular weight is 276 g/mol. The number of aryl methyl sites for hydroxylation is 2. The number of hydrogen-bond acceptors (Lipinski definition) is 2. The molecule has 3 nitrogen and oxygen atoms in total. The van der Waals surface area contributed by atoms with Crippen molar-refractivity contribution in [1.82, 2.24) is 15.1 Å².